The highest BCUT2D eigenvalue weighted by atomic mass is 19.2. The average molecular weight is 150 g/mol. The first-order chi connectivity index (χ1) is 4.46. The number of rotatable bonds is 3. The Morgan fingerprint density at radius 3 is 1.00 bits per heavy atom. The predicted octanol–water partition coefficient (Wildman–Crippen LogP) is 2.97. The van der Waals surface area contributed by atoms with Crippen LogP contribution in [0.4, 0.5) is 8.78 Å². The van der Waals surface area contributed by atoms with E-state index in [1.54, 1.807) is 27.7 Å². The predicted molar refractivity (Wildman–Crippen MR) is 39.5 cm³/mol. The van der Waals surface area contributed by atoms with Gasteiger partial charge >= 0.3 is 0 Å². The lowest BCUT2D eigenvalue weighted by Gasteiger charge is -2.19. The van der Waals surface area contributed by atoms with Crippen LogP contribution in [0, 0.1) is 11.8 Å². The molecular weight excluding hydrogens is 134 g/mol. The minimum Gasteiger partial charge on any atom is -0.244 e. The zero-order chi connectivity index (χ0) is 8.31. The fourth-order valence-electron chi connectivity index (χ4n) is 0.735. The molecule has 0 aromatic rings. The van der Waals surface area contributed by atoms with E-state index in [4.69, 9.17) is 0 Å². The molecule has 0 nitrogen and oxygen atoms in total. The lowest BCUT2D eigenvalue weighted by molar-refractivity contribution is 0.0903. The summed E-state index contributed by atoms with van der Waals surface area (Å²) in [7, 11) is 0. The Bertz CT molecular complexity index is 77.3. The van der Waals surface area contributed by atoms with Crippen LogP contribution in [0.1, 0.15) is 27.7 Å². The second-order valence-electron chi connectivity index (χ2n) is 3.38. The Balaban J connectivity index is 3.81. The molecule has 2 unspecified atom stereocenters. The highest BCUT2D eigenvalue weighted by Crippen LogP contribution is 2.19. The maximum atomic E-state index is 12.8. The molecule has 0 aromatic heterocycles. The van der Waals surface area contributed by atoms with Gasteiger partial charge in [0.15, 0.2) is 0 Å². The average Bonchev–Trinajstić information content (AvgIpc) is 1.84. The van der Waals surface area contributed by atoms with Gasteiger partial charge in [0.25, 0.3) is 0 Å². The van der Waals surface area contributed by atoms with Gasteiger partial charge < -0.3 is 0 Å². The van der Waals surface area contributed by atoms with Gasteiger partial charge in [-0.15, -0.1) is 0 Å². The topological polar surface area (TPSA) is 0 Å². The van der Waals surface area contributed by atoms with E-state index in [-0.39, 0.29) is 11.8 Å². The second-order valence-corrected chi connectivity index (χ2v) is 3.38. The van der Waals surface area contributed by atoms with Crippen LogP contribution in [-0.2, 0) is 0 Å². The van der Waals surface area contributed by atoms with Crippen LogP contribution >= 0.6 is 0 Å². The standard InChI is InChI=1S/C8H16F2/c1-5(2)7(9)8(10)6(3)4/h5-8H,1-4H3. The van der Waals surface area contributed by atoms with Crippen molar-refractivity contribution < 1.29 is 8.78 Å². The summed E-state index contributed by atoms with van der Waals surface area (Å²) in [5, 5.41) is 0. The first-order valence-corrected chi connectivity index (χ1v) is 3.75. The third kappa shape index (κ3) is 2.63. The van der Waals surface area contributed by atoms with E-state index in [1.807, 2.05) is 0 Å². The van der Waals surface area contributed by atoms with E-state index >= 15 is 0 Å². The molecule has 0 aliphatic carbocycles. The lowest BCUT2D eigenvalue weighted by Crippen LogP contribution is -2.27. The van der Waals surface area contributed by atoms with Gasteiger partial charge in [-0.05, 0) is 11.8 Å². The van der Waals surface area contributed by atoms with Crippen molar-refractivity contribution in [2.24, 2.45) is 11.8 Å². The van der Waals surface area contributed by atoms with Gasteiger partial charge in [-0.2, -0.15) is 0 Å². The molecule has 2 heteroatoms. The van der Waals surface area contributed by atoms with Crippen molar-refractivity contribution in [3.05, 3.63) is 0 Å². The molecule has 0 bridgehead atoms. The summed E-state index contributed by atoms with van der Waals surface area (Å²) in [5.74, 6) is -0.421. The third-order valence-corrected chi connectivity index (χ3v) is 1.58. The second kappa shape index (κ2) is 3.89. The SMILES string of the molecule is CC(C)C(F)C(F)C(C)C. The van der Waals surface area contributed by atoms with Crippen molar-refractivity contribution in [3.8, 4) is 0 Å². The van der Waals surface area contributed by atoms with Crippen molar-refractivity contribution in [2.75, 3.05) is 0 Å². The Hall–Kier alpha value is -0.140. The lowest BCUT2D eigenvalue weighted by atomic mass is 9.97. The molecule has 0 N–H and O–H groups in total. The van der Waals surface area contributed by atoms with Crippen LogP contribution in [0.15, 0.2) is 0 Å². The summed E-state index contributed by atoms with van der Waals surface area (Å²) in [6.45, 7) is 6.78. The summed E-state index contributed by atoms with van der Waals surface area (Å²) >= 11 is 0. The van der Waals surface area contributed by atoms with Crippen LogP contribution in [0.2, 0.25) is 0 Å². The maximum Gasteiger partial charge on any atom is 0.134 e. The number of halogens is 2. The van der Waals surface area contributed by atoms with Crippen LogP contribution in [0.5, 0.6) is 0 Å². The Labute approximate surface area is 61.6 Å². The maximum absolute atomic E-state index is 12.8. The minimum atomic E-state index is -1.31. The molecule has 2 atom stereocenters. The molecule has 0 amide bonds. The van der Waals surface area contributed by atoms with Crippen molar-refractivity contribution in [1.29, 1.82) is 0 Å². The number of alkyl halides is 2. The molecule has 0 saturated heterocycles. The Morgan fingerprint density at radius 1 is 0.700 bits per heavy atom. The van der Waals surface area contributed by atoms with E-state index in [0.29, 0.717) is 0 Å². The summed E-state index contributed by atoms with van der Waals surface area (Å²) in [4.78, 5) is 0. The monoisotopic (exact) mass is 150 g/mol. The van der Waals surface area contributed by atoms with Gasteiger partial charge in [-0.1, -0.05) is 27.7 Å². The molecule has 0 radical (unpaired) electrons. The first kappa shape index (κ1) is 9.86. The summed E-state index contributed by atoms with van der Waals surface area (Å²) in [5.41, 5.74) is 0. The molecule has 0 heterocycles. The number of hydrogen-bond donors (Lipinski definition) is 0. The normalized spacial score (nSPS) is 18.0. The highest BCUT2D eigenvalue weighted by molar-refractivity contribution is 4.73. The van der Waals surface area contributed by atoms with E-state index in [9.17, 15) is 8.78 Å². The van der Waals surface area contributed by atoms with Crippen molar-refractivity contribution in [2.45, 2.75) is 40.0 Å². The summed E-state index contributed by atoms with van der Waals surface area (Å²) in [6.07, 6.45) is -2.61. The van der Waals surface area contributed by atoms with Crippen LogP contribution in [0.3, 0.4) is 0 Å². The summed E-state index contributed by atoms with van der Waals surface area (Å²) < 4.78 is 25.6. The Morgan fingerprint density at radius 2 is 0.900 bits per heavy atom. The smallest absolute Gasteiger partial charge is 0.134 e. The fourth-order valence-corrected chi connectivity index (χ4v) is 0.735. The van der Waals surface area contributed by atoms with E-state index in [0.717, 1.165) is 0 Å². The molecule has 0 aromatic carbocycles. The van der Waals surface area contributed by atoms with Gasteiger partial charge in [0.1, 0.15) is 12.3 Å². The molecule has 0 saturated carbocycles. The largest absolute Gasteiger partial charge is 0.244 e. The molecular formula is C8H16F2. The van der Waals surface area contributed by atoms with E-state index < -0.39 is 12.3 Å². The minimum absolute atomic E-state index is 0.211. The zero-order valence-corrected chi connectivity index (χ0v) is 7.07. The van der Waals surface area contributed by atoms with Gasteiger partial charge in [0.05, 0.1) is 0 Å². The van der Waals surface area contributed by atoms with Crippen LogP contribution in [0.25, 0.3) is 0 Å². The molecule has 0 spiro atoms. The van der Waals surface area contributed by atoms with Crippen LogP contribution in [-0.4, -0.2) is 12.3 Å². The highest BCUT2D eigenvalue weighted by Gasteiger charge is 2.26. The molecule has 62 valence electrons. The number of hydrogen-bond acceptors (Lipinski definition) is 0. The fraction of sp³-hybridized carbons (Fsp3) is 1.00. The van der Waals surface area contributed by atoms with Crippen molar-refractivity contribution >= 4 is 0 Å². The Kier molecular flexibility index (Phi) is 3.84. The molecule has 10 heavy (non-hydrogen) atoms. The first-order valence-electron chi connectivity index (χ1n) is 3.75. The molecule has 0 rings (SSSR count). The molecule has 0 aliphatic rings. The molecule has 0 aliphatic heterocycles. The zero-order valence-electron chi connectivity index (χ0n) is 7.07. The van der Waals surface area contributed by atoms with Crippen LogP contribution < -0.4 is 0 Å². The van der Waals surface area contributed by atoms with Gasteiger partial charge in [0.2, 0.25) is 0 Å². The van der Waals surface area contributed by atoms with E-state index in [2.05, 4.69) is 0 Å². The van der Waals surface area contributed by atoms with Gasteiger partial charge in [-0.3, -0.25) is 0 Å². The quantitative estimate of drug-likeness (QED) is 0.580. The molecule has 0 fully saturated rings. The van der Waals surface area contributed by atoms with Gasteiger partial charge in [-0.25, -0.2) is 8.78 Å². The third-order valence-electron chi connectivity index (χ3n) is 1.58. The van der Waals surface area contributed by atoms with Crippen molar-refractivity contribution in [3.63, 3.8) is 0 Å². The van der Waals surface area contributed by atoms with Crippen molar-refractivity contribution in [1.82, 2.24) is 0 Å². The van der Waals surface area contributed by atoms with Gasteiger partial charge in [0, 0.05) is 0 Å². The summed E-state index contributed by atoms with van der Waals surface area (Å²) in [6, 6.07) is 0. The van der Waals surface area contributed by atoms with E-state index in [1.165, 1.54) is 0 Å².